The summed E-state index contributed by atoms with van der Waals surface area (Å²) >= 11 is 17.0. The van der Waals surface area contributed by atoms with Gasteiger partial charge in [0.15, 0.2) is 5.78 Å². The van der Waals surface area contributed by atoms with Crippen LogP contribution < -0.4 is 11.2 Å². The number of nitrogen functional groups attached to an aromatic ring is 1. The first-order valence-corrected chi connectivity index (χ1v) is 8.37. The fraction of sp³-hybridized carbons (Fsp3) is 0.0625. The van der Waals surface area contributed by atoms with E-state index in [-0.39, 0.29) is 23.0 Å². The number of carbonyl (C=O) groups is 1. The van der Waals surface area contributed by atoms with Gasteiger partial charge < -0.3 is 5.73 Å². The highest BCUT2D eigenvalue weighted by Gasteiger charge is 2.13. The lowest BCUT2D eigenvalue weighted by Crippen LogP contribution is -2.14. The maximum Gasteiger partial charge on any atom is 0.240 e. The Kier molecular flexibility index (Phi) is 5.08. The number of benzene rings is 2. The van der Waals surface area contributed by atoms with Crippen molar-refractivity contribution in [3.8, 4) is 0 Å². The van der Waals surface area contributed by atoms with Gasteiger partial charge in [-0.3, -0.25) is 10.2 Å². The van der Waals surface area contributed by atoms with Crippen molar-refractivity contribution in [2.75, 3.05) is 11.2 Å². The van der Waals surface area contributed by atoms with Crippen LogP contribution in [0.1, 0.15) is 10.4 Å². The first-order valence-electron chi connectivity index (χ1n) is 7.21. The smallest absolute Gasteiger partial charge is 0.240 e. The zero-order valence-electron chi connectivity index (χ0n) is 12.8. The van der Waals surface area contributed by atoms with Crippen molar-refractivity contribution < 1.29 is 4.79 Å². The summed E-state index contributed by atoms with van der Waals surface area (Å²) in [6, 6.07) is 13.6. The zero-order valence-corrected chi connectivity index (χ0v) is 15.1. The van der Waals surface area contributed by atoms with Crippen LogP contribution in [0.4, 0.5) is 11.6 Å². The number of halogens is 2. The number of ketones is 1. The van der Waals surface area contributed by atoms with E-state index >= 15 is 0 Å². The van der Waals surface area contributed by atoms with Gasteiger partial charge in [0.2, 0.25) is 10.7 Å². The molecule has 0 aliphatic rings. The average molecular weight is 394 g/mol. The molecule has 128 valence electrons. The molecule has 0 saturated carbocycles. The molecule has 3 rings (SSSR count). The number of rotatable bonds is 5. The molecule has 9 heteroatoms. The van der Waals surface area contributed by atoms with Gasteiger partial charge in [-0.15, -0.1) is 5.10 Å². The minimum Gasteiger partial charge on any atom is -0.366 e. The van der Waals surface area contributed by atoms with Crippen molar-refractivity contribution >= 4 is 52.8 Å². The number of aromatic nitrogens is 3. The number of Topliss-reactive ketones (excluding diaryl/α,β-unsaturated/α-hetero) is 1. The molecule has 25 heavy (non-hydrogen) atoms. The molecule has 3 N–H and O–H groups in total. The third-order valence-corrected chi connectivity index (χ3v) is 4.31. The lowest BCUT2D eigenvalue weighted by Gasteiger charge is -2.07. The highest BCUT2D eigenvalue weighted by Crippen LogP contribution is 2.15. The first-order chi connectivity index (χ1) is 11.9. The fourth-order valence-electron chi connectivity index (χ4n) is 2.15. The number of anilines is 2. The quantitative estimate of drug-likeness (QED) is 0.504. The van der Waals surface area contributed by atoms with Crippen LogP contribution in [0.5, 0.6) is 0 Å². The van der Waals surface area contributed by atoms with Gasteiger partial charge in [-0.05, 0) is 60.7 Å². The Bertz CT molecular complexity index is 964. The molecule has 0 radical (unpaired) electrons. The molecule has 6 nitrogen and oxygen atoms in total. The van der Waals surface area contributed by atoms with E-state index < -0.39 is 0 Å². The van der Waals surface area contributed by atoms with Crippen LogP contribution in [-0.4, -0.2) is 20.2 Å². The molecule has 0 aliphatic carbocycles. The standard InChI is InChI=1S/C16H13Cl2N5OS/c17-11-3-1-10(2-4-11)14(24)9-22-16(25)23(15(19)21-22)20-13-7-5-12(18)6-8-13/h1-8,20H,9H2,(H2,19,21). The van der Waals surface area contributed by atoms with E-state index in [9.17, 15) is 4.79 Å². The van der Waals surface area contributed by atoms with Gasteiger partial charge in [0, 0.05) is 15.6 Å². The summed E-state index contributed by atoms with van der Waals surface area (Å²) in [5.74, 6) is -0.00670. The largest absolute Gasteiger partial charge is 0.366 e. The Morgan fingerprint density at radius 3 is 2.24 bits per heavy atom. The van der Waals surface area contributed by atoms with Gasteiger partial charge in [0.05, 0.1) is 5.69 Å². The summed E-state index contributed by atoms with van der Waals surface area (Å²) in [4.78, 5) is 12.4. The lowest BCUT2D eigenvalue weighted by atomic mass is 10.1. The summed E-state index contributed by atoms with van der Waals surface area (Å²) < 4.78 is 3.06. The van der Waals surface area contributed by atoms with Crippen molar-refractivity contribution in [3.63, 3.8) is 0 Å². The zero-order chi connectivity index (χ0) is 18.0. The third kappa shape index (κ3) is 4.01. The van der Waals surface area contributed by atoms with Gasteiger partial charge in [-0.25, -0.2) is 4.68 Å². The maximum atomic E-state index is 12.4. The molecule has 0 saturated heterocycles. The molecular formula is C16H13Cl2N5OS. The van der Waals surface area contributed by atoms with Gasteiger partial charge in [-0.1, -0.05) is 23.2 Å². The molecule has 3 aromatic rings. The molecule has 0 aliphatic heterocycles. The predicted octanol–water partition coefficient (Wildman–Crippen LogP) is 4.06. The van der Waals surface area contributed by atoms with Crippen molar-refractivity contribution in [2.24, 2.45) is 0 Å². The van der Waals surface area contributed by atoms with Crippen LogP contribution in [0, 0.1) is 4.77 Å². The molecule has 0 atom stereocenters. The van der Waals surface area contributed by atoms with E-state index in [4.69, 9.17) is 41.2 Å². The number of hydrogen-bond acceptors (Lipinski definition) is 5. The Balaban J connectivity index is 1.81. The number of nitrogens with zero attached hydrogens (tertiary/aromatic N) is 3. The van der Waals surface area contributed by atoms with Crippen LogP contribution >= 0.6 is 35.4 Å². The van der Waals surface area contributed by atoms with Crippen LogP contribution in [0.2, 0.25) is 10.0 Å². The van der Waals surface area contributed by atoms with Crippen LogP contribution in [0.25, 0.3) is 0 Å². The molecule has 0 bridgehead atoms. The maximum absolute atomic E-state index is 12.4. The van der Waals surface area contributed by atoms with Crippen LogP contribution in [0.15, 0.2) is 48.5 Å². The normalized spacial score (nSPS) is 10.6. The van der Waals surface area contributed by atoms with Gasteiger partial charge in [-0.2, -0.15) is 4.68 Å². The number of carbonyl (C=O) groups excluding carboxylic acids is 1. The monoisotopic (exact) mass is 393 g/mol. The van der Waals surface area contributed by atoms with Gasteiger partial charge >= 0.3 is 0 Å². The molecule has 0 unspecified atom stereocenters. The van der Waals surface area contributed by atoms with Gasteiger partial charge in [0.1, 0.15) is 6.54 Å². The Labute approximate surface area is 158 Å². The lowest BCUT2D eigenvalue weighted by molar-refractivity contribution is 0.0967. The van der Waals surface area contributed by atoms with Crippen molar-refractivity contribution in [1.29, 1.82) is 0 Å². The van der Waals surface area contributed by atoms with E-state index in [1.807, 2.05) is 0 Å². The molecule has 1 heterocycles. The number of hydrogen-bond donors (Lipinski definition) is 2. The predicted molar refractivity (Wildman–Crippen MR) is 102 cm³/mol. The van der Waals surface area contributed by atoms with Crippen molar-refractivity contribution in [3.05, 3.63) is 68.9 Å². The summed E-state index contributed by atoms with van der Waals surface area (Å²) in [6.07, 6.45) is 0. The third-order valence-electron chi connectivity index (χ3n) is 3.41. The SMILES string of the molecule is Nc1nn(CC(=O)c2ccc(Cl)cc2)c(=S)n1Nc1ccc(Cl)cc1. The molecule has 0 amide bonds. The van der Waals surface area contributed by atoms with Crippen LogP contribution in [-0.2, 0) is 6.54 Å². The second kappa shape index (κ2) is 7.26. The molecule has 1 aromatic heterocycles. The second-order valence-electron chi connectivity index (χ2n) is 5.18. The van der Waals surface area contributed by atoms with Gasteiger partial charge in [0.25, 0.3) is 0 Å². The van der Waals surface area contributed by atoms with Crippen LogP contribution in [0.3, 0.4) is 0 Å². The van der Waals surface area contributed by atoms with E-state index in [0.29, 0.717) is 15.6 Å². The van der Waals surface area contributed by atoms with Crippen molar-refractivity contribution in [2.45, 2.75) is 6.54 Å². The minimum atomic E-state index is -0.149. The molecule has 2 aromatic carbocycles. The molecular weight excluding hydrogens is 381 g/mol. The van der Waals surface area contributed by atoms with E-state index in [1.165, 1.54) is 9.36 Å². The molecule has 0 fully saturated rings. The van der Waals surface area contributed by atoms with E-state index in [2.05, 4.69) is 10.5 Å². The highest BCUT2D eigenvalue weighted by molar-refractivity contribution is 7.71. The summed E-state index contributed by atoms with van der Waals surface area (Å²) in [7, 11) is 0. The Hall–Kier alpha value is -2.35. The fourth-order valence-corrected chi connectivity index (χ4v) is 2.65. The van der Waals surface area contributed by atoms with E-state index in [0.717, 1.165) is 5.69 Å². The minimum absolute atomic E-state index is 0.0278. The summed E-state index contributed by atoms with van der Waals surface area (Å²) in [5, 5.41) is 5.31. The van der Waals surface area contributed by atoms with E-state index in [1.54, 1.807) is 48.5 Å². The Morgan fingerprint density at radius 1 is 1.08 bits per heavy atom. The Morgan fingerprint density at radius 2 is 1.64 bits per heavy atom. The van der Waals surface area contributed by atoms with Crippen molar-refractivity contribution in [1.82, 2.24) is 14.5 Å². The number of nitrogens with two attached hydrogens (primary N) is 1. The molecule has 0 spiro atoms. The first kappa shape index (κ1) is 17.5. The second-order valence-corrected chi connectivity index (χ2v) is 6.42. The summed E-state index contributed by atoms with van der Waals surface area (Å²) in [6.45, 7) is -0.0278. The highest BCUT2D eigenvalue weighted by atomic mass is 35.5. The topological polar surface area (TPSA) is 77.9 Å². The number of nitrogens with one attached hydrogen (secondary N) is 1. The average Bonchev–Trinajstić information content (AvgIpc) is 2.85. The summed E-state index contributed by atoms with van der Waals surface area (Å²) in [5.41, 5.74) is 10.2.